The van der Waals surface area contributed by atoms with Crippen LogP contribution in [0.5, 0.6) is 5.88 Å². The molecule has 0 unspecified atom stereocenters. The number of carbonyl (C=O) groups is 1. The van der Waals surface area contributed by atoms with E-state index in [1.165, 1.54) is 13.2 Å². The van der Waals surface area contributed by atoms with Crippen molar-refractivity contribution < 1.29 is 14.6 Å². The van der Waals surface area contributed by atoms with Gasteiger partial charge in [0.05, 0.1) is 24.0 Å². The Labute approximate surface area is 116 Å². The number of aromatic nitrogens is 1. The first kappa shape index (κ1) is 13.7. The van der Waals surface area contributed by atoms with Gasteiger partial charge in [-0.2, -0.15) is 0 Å². The number of aromatic carboxylic acids is 1. The SMILES string of the molecule is COc1cc(CNc2c(N)cccc2C(=O)O)ccn1. The summed E-state index contributed by atoms with van der Waals surface area (Å²) in [6, 6.07) is 8.36. The molecule has 0 amide bonds. The van der Waals surface area contributed by atoms with E-state index in [0.29, 0.717) is 23.8 Å². The molecule has 1 aromatic heterocycles. The lowest BCUT2D eigenvalue weighted by Crippen LogP contribution is -2.09. The molecule has 2 rings (SSSR count). The van der Waals surface area contributed by atoms with Crippen LogP contribution in [-0.2, 0) is 6.54 Å². The van der Waals surface area contributed by atoms with Crippen LogP contribution in [0.1, 0.15) is 15.9 Å². The number of ether oxygens (including phenoxy) is 1. The number of rotatable bonds is 5. The number of benzene rings is 1. The molecule has 0 aliphatic rings. The molecule has 0 aliphatic carbocycles. The fraction of sp³-hybridized carbons (Fsp3) is 0.143. The molecule has 0 radical (unpaired) electrons. The highest BCUT2D eigenvalue weighted by Gasteiger charge is 2.12. The third kappa shape index (κ3) is 2.97. The van der Waals surface area contributed by atoms with Gasteiger partial charge in [-0.15, -0.1) is 0 Å². The predicted molar refractivity (Wildman–Crippen MR) is 75.9 cm³/mol. The Morgan fingerprint density at radius 1 is 1.45 bits per heavy atom. The number of pyridine rings is 1. The van der Waals surface area contributed by atoms with E-state index in [9.17, 15) is 4.79 Å². The monoisotopic (exact) mass is 273 g/mol. The van der Waals surface area contributed by atoms with Crippen LogP contribution in [-0.4, -0.2) is 23.2 Å². The molecule has 0 atom stereocenters. The fourth-order valence-corrected chi connectivity index (χ4v) is 1.81. The van der Waals surface area contributed by atoms with Gasteiger partial charge < -0.3 is 20.9 Å². The number of carboxylic acids is 1. The first-order chi connectivity index (χ1) is 9.61. The van der Waals surface area contributed by atoms with Gasteiger partial charge in [-0.1, -0.05) is 6.07 Å². The summed E-state index contributed by atoms with van der Waals surface area (Å²) in [4.78, 5) is 15.2. The Hall–Kier alpha value is -2.76. The normalized spacial score (nSPS) is 10.1. The molecule has 0 spiro atoms. The van der Waals surface area contributed by atoms with E-state index < -0.39 is 5.97 Å². The first-order valence-electron chi connectivity index (χ1n) is 5.96. The zero-order valence-electron chi connectivity index (χ0n) is 11.0. The minimum atomic E-state index is -1.02. The van der Waals surface area contributed by atoms with Gasteiger partial charge in [-0.05, 0) is 23.8 Å². The van der Waals surface area contributed by atoms with Gasteiger partial charge in [-0.25, -0.2) is 9.78 Å². The number of hydrogen-bond donors (Lipinski definition) is 3. The van der Waals surface area contributed by atoms with E-state index >= 15 is 0 Å². The molecule has 6 heteroatoms. The molecule has 0 saturated heterocycles. The van der Waals surface area contributed by atoms with Gasteiger partial charge in [0.15, 0.2) is 0 Å². The molecule has 0 saturated carbocycles. The number of nitrogens with one attached hydrogen (secondary N) is 1. The second kappa shape index (κ2) is 5.92. The lowest BCUT2D eigenvalue weighted by Gasteiger charge is -2.12. The minimum absolute atomic E-state index is 0.144. The van der Waals surface area contributed by atoms with Crippen LogP contribution in [0.25, 0.3) is 0 Å². The summed E-state index contributed by atoms with van der Waals surface area (Å²) in [5, 5.41) is 12.2. The second-order valence-electron chi connectivity index (χ2n) is 4.13. The van der Waals surface area contributed by atoms with Crippen molar-refractivity contribution in [3.05, 3.63) is 47.7 Å². The lowest BCUT2D eigenvalue weighted by molar-refractivity contribution is 0.0698. The van der Waals surface area contributed by atoms with Crippen LogP contribution in [0.3, 0.4) is 0 Å². The third-order valence-corrected chi connectivity index (χ3v) is 2.80. The molecule has 1 aromatic carbocycles. The predicted octanol–water partition coefficient (Wildman–Crippen LogP) is 1.98. The molecule has 6 nitrogen and oxygen atoms in total. The van der Waals surface area contributed by atoms with Gasteiger partial charge in [0, 0.05) is 18.8 Å². The average Bonchev–Trinajstić information content (AvgIpc) is 2.45. The summed E-state index contributed by atoms with van der Waals surface area (Å²) in [7, 11) is 1.54. The number of hydrogen-bond acceptors (Lipinski definition) is 5. The number of nitrogens with two attached hydrogens (primary N) is 1. The van der Waals surface area contributed by atoms with Crippen LogP contribution < -0.4 is 15.8 Å². The summed E-state index contributed by atoms with van der Waals surface area (Å²) >= 11 is 0. The van der Waals surface area contributed by atoms with Crippen LogP contribution in [0.2, 0.25) is 0 Å². The maximum Gasteiger partial charge on any atom is 0.337 e. The van der Waals surface area contributed by atoms with Gasteiger partial charge in [0.25, 0.3) is 0 Å². The Kier molecular flexibility index (Phi) is 4.05. The maximum absolute atomic E-state index is 11.2. The molecule has 0 fully saturated rings. The quantitative estimate of drug-likeness (QED) is 0.721. The first-order valence-corrected chi connectivity index (χ1v) is 5.96. The lowest BCUT2D eigenvalue weighted by atomic mass is 10.1. The zero-order valence-corrected chi connectivity index (χ0v) is 11.0. The Morgan fingerprint density at radius 2 is 2.25 bits per heavy atom. The smallest absolute Gasteiger partial charge is 0.337 e. The van der Waals surface area contributed by atoms with E-state index in [-0.39, 0.29) is 5.56 Å². The summed E-state index contributed by atoms with van der Waals surface area (Å²) in [5.41, 5.74) is 7.68. The van der Waals surface area contributed by atoms with Gasteiger partial charge in [0.1, 0.15) is 0 Å². The molecule has 0 bridgehead atoms. The largest absolute Gasteiger partial charge is 0.481 e. The van der Waals surface area contributed by atoms with Crippen molar-refractivity contribution in [1.82, 2.24) is 4.98 Å². The van der Waals surface area contributed by atoms with Crippen molar-refractivity contribution >= 4 is 17.3 Å². The van der Waals surface area contributed by atoms with Crippen molar-refractivity contribution in [3.63, 3.8) is 0 Å². The summed E-state index contributed by atoms with van der Waals surface area (Å²) in [6.45, 7) is 0.424. The maximum atomic E-state index is 11.2. The van der Waals surface area contributed by atoms with Gasteiger partial charge in [0.2, 0.25) is 5.88 Å². The van der Waals surface area contributed by atoms with Crippen molar-refractivity contribution in [2.75, 3.05) is 18.2 Å². The molecule has 20 heavy (non-hydrogen) atoms. The Balaban J connectivity index is 2.20. The number of methoxy groups -OCH3 is 1. The topological polar surface area (TPSA) is 97.5 Å². The van der Waals surface area contributed by atoms with Crippen molar-refractivity contribution in [1.29, 1.82) is 0 Å². The number of carboxylic acid groups (broad SMARTS) is 1. The van der Waals surface area contributed by atoms with E-state index in [1.54, 1.807) is 24.4 Å². The van der Waals surface area contributed by atoms with Crippen LogP contribution in [0.4, 0.5) is 11.4 Å². The third-order valence-electron chi connectivity index (χ3n) is 2.80. The van der Waals surface area contributed by atoms with Crippen molar-refractivity contribution in [2.24, 2.45) is 0 Å². The van der Waals surface area contributed by atoms with Crippen LogP contribution in [0.15, 0.2) is 36.5 Å². The standard InChI is InChI=1S/C14H15N3O3/c1-20-12-7-9(5-6-16-12)8-17-13-10(14(18)19)3-2-4-11(13)15/h2-7,17H,8,15H2,1H3,(H,18,19). The number of nitrogens with zero attached hydrogens (tertiary/aromatic N) is 1. The van der Waals surface area contributed by atoms with E-state index in [0.717, 1.165) is 5.56 Å². The highest BCUT2D eigenvalue weighted by atomic mass is 16.5. The van der Waals surface area contributed by atoms with Gasteiger partial charge >= 0.3 is 5.97 Å². The molecule has 0 aliphatic heterocycles. The van der Waals surface area contributed by atoms with Crippen molar-refractivity contribution in [2.45, 2.75) is 6.54 Å². The highest BCUT2D eigenvalue weighted by molar-refractivity contribution is 5.97. The second-order valence-corrected chi connectivity index (χ2v) is 4.13. The van der Waals surface area contributed by atoms with Crippen molar-refractivity contribution in [3.8, 4) is 5.88 Å². The molecule has 104 valence electrons. The highest BCUT2D eigenvalue weighted by Crippen LogP contribution is 2.24. The number of para-hydroxylation sites is 1. The van der Waals surface area contributed by atoms with Gasteiger partial charge in [-0.3, -0.25) is 0 Å². The Bertz CT molecular complexity index is 629. The van der Waals surface area contributed by atoms with E-state index in [1.807, 2.05) is 6.07 Å². The Morgan fingerprint density at radius 3 is 2.95 bits per heavy atom. The zero-order chi connectivity index (χ0) is 14.5. The summed E-state index contributed by atoms with van der Waals surface area (Å²) in [5.74, 6) is -0.518. The minimum Gasteiger partial charge on any atom is -0.481 e. The van der Waals surface area contributed by atoms with Crippen LogP contribution >= 0.6 is 0 Å². The van der Waals surface area contributed by atoms with E-state index in [2.05, 4.69) is 10.3 Å². The number of anilines is 2. The van der Waals surface area contributed by atoms with E-state index in [4.69, 9.17) is 15.6 Å². The summed E-state index contributed by atoms with van der Waals surface area (Å²) in [6.07, 6.45) is 1.63. The molecular weight excluding hydrogens is 258 g/mol. The molecule has 1 heterocycles. The summed E-state index contributed by atoms with van der Waals surface area (Å²) < 4.78 is 5.03. The van der Waals surface area contributed by atoms with Crippen LogP contribution in [0, 0.1) is 0 Å². The molecular formula is C14H15N3O3. The average molecular weight is 273 g/mol. The fourth-order valence-electron chi connectivity index (χ4n) is 1.81. The molecule has 2 aromatic rings. The molecule has 4 N–H and O–H groups in total. The number of nitrogen functional groups attached to an aromatic ring is 1.